The molecule has 4 aromatic carbocycles. The van der Waals surface area contributed by atoms with Crippen LogP contribution in [0.5, 0.6) is 0 Å². The van der Waals surface area contributed by atoms with E-state index in [-0.39, 0.29) is 25.2 Å². The molecule has 5 aromatic rings. The average molecular weight is 956 g/mol. The van der Waals surface area contributed by atoms with E-state index in [2.05, 4.69) is 36.9 Å². The van der Waals surface area contributed by atoms with E-state index in [0.29, 0.717) is 24.0 Å². The number of fused-ring (bicyclic) bond motifs is 1. The molecule has 15 nitrogen and oxygen atoms in total. The van der Waals surface area contributed by atoms with Crippen molar-refractivity contribution in [3.63, 3.8) is 0 Å². The summed E-state index contributed by atoms with van der Waals surface area (Å²) in [4.78, 5) is 100. The number of aromatic nitrogens is 1. The van der Waals surface area contributed by atoms with Gasteiger partial charge in [0.2, 0.25) is 35.4 Å². The molecule has 1 aromatic heterocycles. The number of carboxylic acids is 1. The Morgan fingerprint density at radius 2 is 0.971 bits per heavy atom. The number of H-pyrrole nitrogens is 1. The lowest BCUT2D eigenvalue weighted by atomic mass is 9.84. The van der Waals surface area contributed by atoms with Crippen molar-refractivity contribution in [1.29, 1.82) is 0 Å². The second-order valence-electron chi connectivity index (χ2n) is 18.6. The first-order chi connectivity index (χ1) is 33.5. The second-order valence-corrected chi connectivity index (χ2v) is 18.6. The van der Waals surface area contributed by atoms with Crippen LogP contribution in [0.2, 0.25) is 0 Å². The van der Waals surface area contributed by atoms with Crippen LogP contribution in [-0.2, 0) is 46.4 Å². The zero-order chi connectivity index (χ0) is 50.9. The lowest BCUT2D eigenvalue weighted by Gasteiger charge is -2.31. The van der Waals surface area contributed by atoms with Crippen molar-refractivity contribution in [2.45, 2.75) is 123 Å². The van der Waals surface area contributed by atoms with Crippen molar-refractivity contribution in [1.82, 2.24) is 36.9 Å². The van der Waals surface area contributed by atoms with Gasteiger partial charge in [-0.15, -0.1) is 0 Å². The minimum Gasteiger partial charge on any atom is -0.480 e. The minimum absolute atomic E-state index is 0.00812. The number of carbonyl (C=O) groups is 7. The van der Waals surface area contributed by atoms with Gasteiger partial charge in [-0.2, -0.15) is 0 Å². The molecule has 0 bridgehead atoms. The van der Waals surface area contributed by atoms with Crippen molar-refractivity contribution < 1.29 is 38.7 Å². The van der Waals surface area contributed by atoms with Crippen LogP contribution in [0.15, 0.2) is 121 Å². The summed E-state index contributed by atoms with van der Waals surface area (Å²) in [7, 11) is 0. The van der Waals surface area contributed by atoms with Crippen LogP contribution in [0, 0.1) is 17.8 Å². The first kappa shape index (κ1) is 53.7. The number of hydrogen-bond donors (Lipinski definition) is 8. The Morgan fingerprint density at radius 1 is 0.514 bits per heavy atom. The van der Waals surface area contributed by atoms with Gasteiger partial charge >= 0.3 is 5.97 Å². The number of nitrogens with one attached hydrogen (secondary N) is 7. The molecule has 15 heteroatoms. The zero-order valence-electron chi connectivity index (χ0n) is 41.2. The third-order valence-corrected chi connectivity index (χ3v) is 12.8. The smallest absolute Gasteiger partial charge is 0.326 e. The lowest BCUT2D eigenvalue weighted by Crippen LogP contribution is -2.62. The Kier molecular flexibility index (Phi) is 19.9. The number of amides is 6. The molecule has 0 saturated heterocycles. The van der Waals surface area contributed by atoms with E-state index in [1.165, 1.54) is 6.92 Å². The molecule has 0 saturated carbocycles. The van der Waals surface area contributed by atoms with E-state index in [0.717, 1.165) is 22.0 Å². The summed E-state index contributed by atoms with van der Waals surface area (Å²) in [6, 6.07) is 28.0. The molecule has 1 heterocycles. The van der Waals surface area contributed by atoms with Crippen LogP contribution in [0.1, 0.15) is 95.9 Å². The lowest BCUT2D eigenvalue weighted by molar-refractivity contribution is -0.142. The second kappa shape index (κ2) is 25.9. The van der Waals surface area contributed by atoms with E-state index in [9.17, 15) is 38.7 Å². The SMILES string of the molecule is CC[C@H](C)[C@H](NC(=O)[C@H](Cc1ccccc1)NC(=O)[C@H](CC(C)C)NC(=O)[C@@H](NC(C)=O)C(c1ccccc1)c1ccccc1)C(=O)N[C@H](C(=O)N[C@@H](Cc1c[nH]c2ccccc12)C(=O)O)[C@@H](C)CC. The Balaban J connectivity index is 1.39. The molecule has 0 spiro atoms. The molecule has 70 heavy (non-hydrogen) atoms. The van der Waals surface area contributed by atoms with Gasteiger partial charge in [-0.05, 0) is 52.5 Å². The first-order valence-electron chi connectivity index (χ1n) is 24.2. The molecule has 0 aliphatic heterocycles. The highest BCUT2D eigenvalue weighted by Crippen LogP contribution is 2.29. The summed E-state index contributed by atoms with van der Waals surface area (Å²) in [6.07, 6.45) is 2.83. The summed E-state index contributed by atoms with van der Waals surface area (Å²) in [5.74, 6) is -6.54. The molecule has 0 radical (unpaired) electrons. The predicted octanol–water partition coefficient (Wildman–Crippen LogP) is 5.94. The molecule has 0 aliphatic carbocycles. The van der Waals surface area contributed by atoms with Crippen LogP contribution in [0.4, 0.5) is 0 Å². The minimum atomic E-state index is -1.31. The van der Waals surface area contributed by atoms with Gasteiger partial charge in [0.05, 0.1) is 0 Å². The highest BCUT2D eigenvalue weighted by atomic mass is 16.4. The van der Waals surface area contributed by atoms with Gasteiger partial charge in [0.25, 0.3) is 0 Å². The van der Waals surface area contributed by atoms with Gasteiger partial charge < -0.3 is 42.0 Å². The number of benzene rings is 4. The fourth-order valence-corrected chi connectivity index (χ4v) is 8.60. The predicted molar refractivity (Wildman–Crippen MR) is 270 cm³/mol. The number of aliphatic carboxylic acids is 1. The maximum atomic E-state index is 14.6. The standard InChI is InChI=1S/C55H69N7O8/c1-8-34(5)47(52(66)60-45(55(69)70)31-40-32-56-42-28-20-19-27-41(40)42)62-53(67)48(35(6)9-2)61-51(65)44(30-37-21-13-10-14-22-37)58-50(64)43(29-33(3)4)59-54(68)49(57-36(7)63)46(38-23-15-11-16-24-38)39-25-17-12-18-26-39/h10-28,32-35,43-49,56H,8-9,29-31H2,1-7H3,(H,57,63)(H,58,64)(H,59,68)(H,60,66)(H,61,65)(H,62,67)(H,69,70)/t34-,35-,43-,44-,45-,47-,48-,49-/m0/s1. The number of hydrogen-bond acceptors (Lipinski definition) is 7. The summed E-state index contributed by atoms with van der Waals surface area (Å²) in [6.45, 7) is 12.4. The molecule has 8 atom stereocenters. The summed E-state index contributed by atoms with van der Waals surface area (Å²) < 4.78 is 0. The van der Waals surface area contributed by atoms with Crippen LogP contribution >= 0.6 is 0 Å². The first-order valence-corrected chi connectivity index (χ1v) is 24.2. The van der Waals surface area contributed by atoms with Crippen LogP contribution in [0.25, 0.3) is 10.9 Å². The zero-order valence-corrected chi connectivity index (χ0v) is 41.2. The number of carbonyl (C=O) groups excluding carboxylic acids is 6. The Bertz CT molecular complexity index is 2490. The fourth-order valence-electron chi connectivity index (χ4n) is 8.60. The van der Waals surface area contributed by atoms with Gasteiger partial charge in [-0.1, -0.05) is 164 Å². The third kappa shape index (κ3) is 14.9. The largest absolute Gasteiger partial charge is 0.480 e. The number of aromatic amines is 1. The van der Waals surface area contributed by atoms with E-state index in [1.807, 2.05) is 131 Å². The fraction of sp³-hybridized carbons (Fsp3) is 0.400. The number of carboxylic acid groups (broad SMARTS) is 1. The van der Waals surface area contributed by atoms with Gasteiger partial charge in [0.1, 0.15) is 36.3 Å². The molecular weight excluding hydrogens is 887 g/mol. The Labute approximate surface area is 410 Å². The quantitative estimate of drug-likeness (QED) is 0.0349. The van der Waals surface area contributed by atoms with Gasteiger partial charge in [-0.3, -0.25) is 28.8 Å². The van der Waals surface area contributed by atoms with Crippen LogP contribution < -0.4 is 31.9 Å². The molecule has 372 valence electrons. The normalized spacial score (nSPS) is 14.8. The highest BCUT2D eigenvalue weighted by Gasteiger charge is 2.38. The van der Waals surface area contributed by atoms with Crippen molar-refractivity contribution in [3.8, 4) is 0 Å². The summed E-state index contributed by atoms with van der Waals surface area (Å²) >= 11 is 0. The van der Waals surface area contributed by atoms with E-state index < -0.39 is 95.4 Å². The van der Waals surface area contributed by atoms with E-state index >= 15 is 0 Å². The van der Waals surface area contributed by atoms with Crippen molar-refractivity contribution in [2.24, 2.45) is 17.8 Å². The molecular formula is C55H69N7O8. The Morgan fingerprint density at radius 3 is 1.50 bits per heavy atom. The molecule has 5 rings (SSSR count). The number of rotatable bonds is 25. The summed E-state index contributed by atoms with van der Waals surface area (Å²) in [5.41, 5.74) is 3.79. The maximum Gasteiger partial charge on any atom is 0.326 e. The van der Waals surface area contributed by atoms with Gasteiger partial charge in [0, 0.05) is 42.8 Å². The molecule has 0 unspecified atom stereocenters. The maximum absolute atomic E-state index is 14.6. The Hall–Kier alpha value is -7.29. The van der Waals surface area contributed by atoms with E-state index in [1.54, 1.807) is 32.2 Å². The molecule has 8 N–H and O–H groups in total. The summed E-state index contributed by atoms with van der Waals surface area (Å²) in [5, 5.41) is 28.1. The number of para-hydroxylation sites is 1. The van der Waals surface area contributed by atoms with Crippen molar-refractivity contribution in [3.05, 3.63) is 144 Å². The van der Waals surface area contributed by atoms with Gasteiger partial charge in [-0.25, -0.2) is 4.79 Å². The van der Waals surface area contributed by atoms with Gasteiger partial charge in [0.15, 0.2) is 0 Å². The highest BCUT2D eigenvalue weighted by molar-refractivity contribution is 5.97. The molecule has 0 fully saturated rings. The van der Waals surface area contributed by atoms with Crippen molar-refractivity contribution >= 4 is 52.3 Å². The third-order valence-electron chi connectivity index (χ3n) is 12.8. The monoisotopic (exact) mass is 956 g/mol. The van der Waals surface area contributed by atoms with Crippen molar-refractivity contribution in [2.75, 3.05) is 0 Å². The molecule has 0 aliphatic rings. The van der Waals surface area contributed by atoms with E-state index in [4.69, 9.17) is 0 Å². The average Bonchev–Trinajstić information content (AvgIpc) is 3.76. The molecule has 6 amide bonds. The van der Waals surface area contributed by atoms with Crippen LogP contribution in [-0.4, -0.2) is 87.8 Å². The topological polar surface area (TPSA) is 228 Å². The van der Waals surface area contributed by atoms with Crippen LogP contribution in [0.3, 0.4) is 0 Å².